The number of nitrogens with one attached hydrogen (secondary N) is 1. The largest absolute Gasteiger partial charge is 0.493 e. The lowest BCUT2D eigenvalue weighted by Gasteiger charge is -2.26. The van der Waals surface area contributed by atoms with E-state index in [1.54, 1.807) is 38.5 Å². The molecule has 0 saturated carbocycles. The quantitative estimate of drug-likeness (QED) is 0.820. The van der Waals surface area contributed by atoms with Crippen molar-refractivity contribution >= 4 is 17.5 Å². The molecule has 2 aromatic carbocycles. The number of hydrogen-bond acceptors (Lipinski definition) is 4. The number of benzene rings is 2. The number of likely N-dealkylation sites (N-methyl/N-ethyl adjacent to an activating group) is 1. The van der Waals surface area contributed by atoms with Gasteiger partial charge in [-0.2, -0.15) is 0 Å². The lowest BCUT2D eigenvalue weighted by atomic mass is 10.0. The second-order valence-electron chi connectivity index (χ2n) is 5.81. The summed E-state index contributed by atoms with van der Waals surface area (Å²) in [6.07, 6.45) is 0. The third-order valence-electron chi connectivity index (χ3n) is 3.98. The average molecular weight is 363 g/mol. The van der Waals surface area contributed by atoms with Gasteiger partial charge < -0.3 is 19.7 Å². The van der Waals surface area contributed by atoms with E-state index in [9.17, 15) is 4.79 Å². The van der Waals surface area contributed by atoms with E-state index in [2.05, 4.69) is 5.32 Å². The Morgan fingerprint density at radius 1 is 1.08 bits per heavy atom. The zero-order valence-electron chi connectivity index (χ0n) is 14.9. The fourth-order valence-corrected chi connectivity index (χ4v) is 2.68. The predicted octanol–water partition coefficient (Wildman–Crippen LogP) is 3.39. The van der Waals surface area contributed by atoms with Crippen LogP contribution in [0.5, 0.6) is 11.5 Å². The van der Waals surface area contributed by atoms with Crippen LogP contribution in [-0.4, -0.2) is 45.7 Å². The first-order valence-electron chi connectivity index (χ1n) is 7.88. The van der Waals surface area contributed by atoms with Crippen LogP contribution in [-0.2, 0) is 0 Å². The van der Waals surface area contributed by atoms with E-state index in [0.29, 0.717) is 28.6 Å². The third kappa shape index (κ3) is 4.87. The van der Waals surface area contributed by atoms with Gasteiger partial charge in [-0.1, -0.05) is 17.7 Å². The summed E-state index contributed by atoms with van der Waals surface area (Å²) < 4.78 is 10.6. The van der Waals surface area contributed by atoms with Crippen LogP contribution in [0.25, 0.3) is 0 Å². The number of hydrogen-bond donors (Lipinski definition) is 1. The van der Waals surface area contributed by atoms with Gasteiger partial charge in [0, 0.05) is 17.1 Å². The van der Waals surface area contributed by atoms with Gasteiger partial charge >= 0.3 is 0 Å². The molecular formula is C19H23ClN2O3. The highest BCUT2D eigenvalue weighted by atomic mass is 35.5. The molecule has 1 amide bonds. The Morgan fingerprint density at radius 2 is 1.72 bits per heavy atom. The maximum Gasteiger partial charge on any atom is 0.251 e. The molecule has 0 radical (unpaired) electrons. The van der Waals surface area contributed by atoms with Crippen molar-refractivity contribution in [3.05, 3.63) is 58.6 Å². The summed E-state index contributed by atoms with van der Waals surface area (Å²) in [7, 11) is 7.15. The van der Waals surface area contributed by atoms with E-state index >= 15 is 0 Å². The van der Waals surface area contributed by atoms with Crippen LogP contribution in [0.4, 0.5) is 0 Å². The van der Waals surface area contributed by atoms with Crippen molar-refractivity contribution in [1.29, 1.82) is 0 Å². The van der Waals surface area contributed by atoms with Crippen molar-refractivity contribution in [2.75, 3.05) is 34.9 Å². The molecule has 2 aromatic rings. The van der Waals surface area contributed by atoms with Gasteiger partial charge in [0.05, 0.1) is 20.3 Å². The Kier molecular flexibility index (Phi) is 6.67. The zero-order chi connectivity index (χ0) is 18.4. The first kappa shape index (κ1) is 19.1. The molecule has 2 rings (SSSR count). The molecule has 0 bridgehead atoms. The van der Waals surface area contributed by atoms with Gasteiger partial charge in [0.1, 0.15) is 0 Å². The van der Waals surface area contributed by atoms with Gasteiger partial charge in [0.2, 0.25) is 0 Å². The summed E-state index contributed by atoms with van der Waals surface area (Å²) in [5.41, 5.74) is 1.60. The zero-order valence-corrected chi connectivity index (χ0v) is 15.6. The van der Waals surface area contributed by atoms with Crippen LogP contribution in [0, 0.1) is 0 Å². The molecule has 0 heterocycles. The smallest absolute Gasteiger partial charge is 0.251 e. The van der Waals surface area contributed by atoms with Gasteiger partial charge in [0.25, 0.3) is 5.91 Å². The molecule has 0 aliphatic heterocycles. The SMILES string of the molecule is COc1ccc(C(CNC(=O)c2ccc(Cl)cc2)N(C)C)cc1OC. The highest BCUT2D eigenvalue weighted by molar-refractivity contribution is 6.30. The summed E-state index contributed by atoms with van der Waals surface area (Å²) >= 11 is 5.86. The molecule has 0 saturated heterocycles. The Hall–Kier alpha value is -2.24. The molecule has 0 spiro atoms. The molecule has 0 aliphatic rings. The summed E-state index contributed by atoms with van der Waals surface area (Å²) in [4.78, 5) is 14.4. The number of carbonyl (C=O) groups is 1. The molecule has 0 fully saturated rings. The fraction of sp³-hybridized carbons (Fsp3) is 0.316. The van der Waals surface area contributed by atoms with Crippen LogP contribution in [0.15, 0.2) is 42.5 Å². The maximum absolute atomic E-state index is 12.3. The second kappa shape index (κ2) is 8.74. The molecule has 134 valence electrons. The van der Waals surface area contributed by atoms with Crippen LogP contribution >= 0.6 is 11.6 Å². The molecule has 6 heteroatoms. The highest BCUT2D eigenvalue weighted by Crippen LogP contribution is 2.31. The molecule has 0 aliphatic carbocycles. The number of carbonyl (C=O) groups excluding carboxylic acids is 1. The first-order chi connectivity index (χ1) is 12.0. The number of methoxy groups -OCH3 is 2. The summed E-state index contributed by atoms with van der Waals surface area (Å²) in [5, 5.41) is 3.57. The maximum atomic E-state index is 12.3. The summed E-state index contributed by atoms with van der Waals surface area (Å²) in [6, 6.07) is 12.6. The monoisotopic (exact) mass is 362 g/mol. The molecule has 25 heavy (non-hydrogen) atoms. The average Bonchev–Trinajstić information content (AvgIpc) is 2.61. The lowest BCUT2D eigenvalue weighted by molar-refractivity contribution is 0.0942. The molecule has 5 nitrogen and oxygen atoms in total. The van der Waals surface area contributed by atoms with Gasteiger partial charge in [-0.25, -0.2) is 0 Å². The number of nitrogens with zero attached hydrogens (tertiary/aromatic N) is 1. The van der Waals surface area contributed by atoms with E-state index in [1.165, 1.54) is 0 Å². The van der Waals surface area contributed by atoms with Crippen molar-refractivity contribution in [2.45, 2.75) is 6.04 Å². The standard InChI is InChI=1S/C19H23ClN2O3/c1-22(2)16(14-7-10-17(24-3)18(11-14)25-4)12-21-19(23)13-5-8-15(20)9-6-13/h5-11,16H,12H2,1-4H3,(H,21,23). The Morgan fingerprint density at radius 3 is 2.28 bits per heavy atom. The van der Waals surface area contributed by atoms with Crippen molar-refractivity contribution < 1.29 is 14.3 Å². The molecule has 1 unspecified atom stereocenters. The Balaban J connectivity index is 2.13. The lowest BCUT2D eigenvalue weighted by Crippen LogP contribution is -2.34. The first-order valence-corrected chi connectivity index (χ1v) is 8.26. The summed E-state index contributed by atoms with van der Waals surface area (Å²) in [5.74, 6) is 1.20. The minimum Gasteiger partial charge on any atom is -0.493 e. The van der Waals surface area contributed by atoms with E-state index in [4.69, 9.17) is 21.1 Å². The van der Waals surface area contributed by atoms with Crippen LogP contribution in [0.1, 0.15) is 22.0 Å². The summed E-state index contributed by atoms with van der Waals surface area (Å²) in [6.45, 7) is 0.462. The van der Waals surface area contributed by atoms with Crippen molar-refractivity contribution in [3.8, 4) is 11.5 Å². The highest BCUT2D eigenvalue weighted by Gasteiger charge is 2.18. The molecule has 1 N–H and O–H groups in total. The van der Waals surface area contributed by atoms with Crippen LogP contribution in [0.3, 0.4) is 0 Å². The topological polar surface area (TPSA) is 50.8 Å². The number of ether oxygens (including phenoxy) is 2. The van der Waals surface area contributed by atoms with E-state index in [0.717, 1.165) is 5.56 Å². The van der Waals surface area contributed by atoms with Crippen molar-refractivity contribution in [1.82, 2.24) is 10.2 Å². The fourth-order valence-electron chi connectivity index (χ4n) is 2.55. The third-order valence-corrected chi connectivity index (χ3v) is 4.23. The minimum absolute atomic E-state index is 0.00365. The van der Waals surface area contributed by atoms with E-state index < -0.39 is 0 Å². The van der Waals surface area contributed by atoms with Gasteiger partial charge in [-0.05, 0) is 56.1 Å². The number of halogens is 1. The minimum atomic E-state index is -0.135. The van der Waals surface area contributed by atoms with Crippen molar-refractivity contribution in [3.63, 3.8) is 0 Å². The van der Waals surface area contributed by atoms with E-state index in [-0.39, 0.29) is 11.9 Å². The molecular weight excluding hydrogens is 340 g/mol. The predicted molar refractivity (Wildman–Crippen MR) is 99.8 cm³/mol. The Labute approximate surface area is 153 Å². The Bertz CT molecular complexity index is 717. The normalized spacial score (nSPS) is 11.9. The number of amides is 1. The van der Waals surface area contributed by atoms with Gasteiger partial charge in [0.15, 0.2) is 11.5 Å². The van der Waals surface area contributed by atoms with Crippen molar-refractivity contribution in [2.24, 2.45) is 0 Å². The number of rotatable bonds is 7. The van der Waals surface area contributed by atoms with Gasteiger partial charge in [-0.15, -0.1) is 0 Å². The molecule has 0 aromatic heterocycles. The van der Waals surface area contributed by atoms with Crippen LogP contribution < -0.4 is 14.8 Å². The molecule has 1 atom stereocenters. The van der Waals surface area contributed by atoms with E-state index in [1.807, 2.05) is 37.2 Å². The van der Waals surface area contributed by atoms with Gasteiger partial charge in [-0.3, -0.25) is 4.79 Å². The van der Waals surface area contributed by atoms with Crippen LogP contribution in [0.2, 0.25) is 5.02 Å². The second-order valence-corrected chi connectivity index (χ2v) is 6.25.